The molecule has 9 heteroatoms. The molecule has 8 nitrogen and oxygen atoms in total. The van der Waals surface area contributed by atoms with Crippen LogP contribution >= 0.6 is 0 Å². The van der Waals surface area contributed by atoms with E-state index >= 15 is 0 Å². The van der Waals surface area contributed by atoms with E-state index in [0.29, 0.717) is 11.4 Å². The Kier molecular flexibility index (Phi) is 5.74. The van der Waals surface area contributed by atoms with Crippen LogP contribution in [-0.4, -0.2) is 61.7 Å². The standard InChI is InChI=1S/C21H23N3O5S/c25-20(14-19-21(26)22-17-8-4-5-9-18(17)29-19)23-10-12-24(13-11-23)30(27,28)15-16-6-2-1-3-7-16/h1-9,19H,10-15H2,(H,22,26)/t19-/m0/s1. The molecular weight excluding hydrogens is 406 g/mol. The topological polar surface area (TPSA) is 96.0 Å². The molecule has 2 aromatic carbocycles. The van der Waals surface area contributed by atoms with Crippen LogP contribution in [0.5, 0.6) is 5.75 Å². The summed E-state index contributed by atoms with van der Waals surface area (Å²) in [5.74, 6) is -0.107. The number of carbonyl (C=O) groups excluding carboxylic acids is 2. The molecule has 0 aliphatic carbocycles. The van der Waals surface area contributed by atoms with E-state index in [4.69, 9.17) is 4.74 Å². The number of ether oxygens (including phenoxy) is 1. The van der Waals surface area contributed by atoms with Crippen LogP contribution in [0.3, 0.4) is 0 Å². The fraction of sp³-hybridized carbons (Fsp3) is 0.333. The molecule has 2 aliphatic heterocycles. The van der Waals surface area contributed by atoms with Gasteiger partial charge < -0.3 is 15.0 Å². The Labute approximate surface area is 175 Å². The molecule has 1 N–H and O–H groups in total. The van der Waals surface area contributed by atoms with Crippen LogP contribution in [0.4, 0.5) is 5.69 Å². The van der Waals surface area contributed by atoms with Crippen molar-refractivity contribution in [2.75, 3.05) is 31.5 Å². The zero-order chi connectivity index (χ0) is 21.1. The largest absolute Gasteiger partial charge is 0.478 e. The summed E-state index contributed by atoms with van der Waals surface area (Å²) in [5, 5.41) is 2.75. The van der Waals surface area contributed by atoms with Gasteiger partial charge in [-0.2, -0.15) is 4.31 Å². The lowest BCUT2D eigenvalue weighted by molar-refractivity contribution is -0.138. The van der Waals surface area contributed by atoms with Crippen molar-refractivity contribution in [3.05, 3.63) is 60.2 Å². The molecule has 4 rings (SSSR count). The molecule has 2 amide bonds. The van der Waals surface area contributed by atoms with Gasteiger partial charge in [-0.15, -0.1) is 0 Å². The van der Waals surface area contributed by atoms with Crippen LogP contribution in [0.15, 0.2) is 54.6 Å². The van der Waals surface area contributed by atoms with Crippen molar-refractivity contribution in [1.29, 1.82) is 0 Å². The molecule has 0 radical (unpaired) electrons. The van der Waals surface area contributed by atoms with Gasteiger partial charge in [0.05, 0.1) is 17.9 Å². The molecule has 2 aromatic rings. The van der Waals surface area contributed by atoms with Gasteiger partial charge in [-0.25, -0.2) is 8.42 Å². The lowest BCUT2D eigenvalue weighted by atomic mass is 10.1. The summed E-state index contributed by atoms with van der Waals surface area (Å²) in [6, 6.07) is 16.1. The first kappa shape index (κ1) is 20.4. The molecule has 2 heterocycles. The van der Waals surface area contributed by atoms with E-state index in [9.17, 15) is 18.0 Å². The highest BCUT2D eigenvalue weighted by molar-refractivity contribution is 7.88. The SMILES string of the molecule is O=C1Nc2ccccc2O[C@H]1CC(=O)N1CCN(S(=O)(=O)Cc2ccccc2)CC1. The smallest absolute Gasteiger partial charge is 0.266 e. The first-order chi connectivity index (χ1) is 14.4. The van der Waals surface area contributed by atoms with Crippen molar-refractivity contribution in [2.45, 2.75) is 18.3 Å². The molecule has 2 aliphatic rings. The normalized spacial score (nSPS) is 19.5. The molecule has 1 atom stereocenters. The molecular formula is C21H23N3O5S. The van der Waals surface area contributed by atoms with E-state index in [1.165, 1.54) is 4.31 Å². The predicted octanol–water partition coefficient (Wildman–Crippen LogP) is 1.45. The Bertz CT molecular complexity index is 1030. The number of nitrogens with zero attached hydrogens (tertiary/aromatic N) is 2. The fourth-order valence-electron chi connectivity index (χ4n) is 3.61. The number of hydrogen-bond acceptors (Lipinski definition) is 5. The van der Waals surface area contributed by atoms with Gasteiger partial charge in [-0.3, -0.25) is 9.59 Å². The molecule has 0 aromatic heterocycles. The van der Waals surface area contributed by atoms with Gasteiger partial charge in [-0.05, 0) is 17.7 Å². The molecule has 158 valence electrons. The van der Waals surface area contributed by atoms with E-state index in [-0.39, 0.29) is 50.2 Å². The van der Waals surface area contributed by atoms with E-state index in [1.807, 2.05) is 18.2 Å². The van der Waals surface area contributed by atoms with Crippen molar-refractivity contribution >= 4 is 27.5 Å². The van der Waals surface area contributed by atoms with Crippen molar-refractivity contribution in [2.24, 2.45) is 0 Å². The van der Waals surface area contributed by atoms with Crippen LogP contribution in [0.25, 0.3) is 0 Å². The third-order valence-electron chi connectivity index (χ3n) is 5.24. The van der Waals surface area contributed by atoms with Crippen molar-refractivity contribution in [1.82, 2.24) is 9.21 Å². The van der Waals surface area contributed by atoms with Gasteiger partial charge in [0.15, 0.2) is 6.10 Å². The summed E-state index contributed by atoms with van der Waals surface area (Å²) >= 11 is 0. The highest BCUT2D eigenvalue weighted by Gasteiger charge is 2.33. The van der Waals surface area contributed by atoms with E-state index in [2.05, 4.69) is 5.32 Å². The fourth-order valence-corrected chi connectivity index (χ4v) is 5.12. The lowest BCUT2D eigenvalue weighted by Gasteiger charge is -2.35. The second-order valence-corrected chi connectivity index (χ2v) is 9.29. The number of para-hydroxylation sites is 2. The highest BCUT2D eigenvalue weighted by Crippen LogP contribution is 2.29. The Morgan fingerprint density at radius 3 is 2.40 bits per heavy atom. The first-order valence-corrected chi connectivity index (χ1v) is 11.4. The highest BCUT2D eigenvalue weighted by atomic mass is 32.2. The van der Waals surface area contributed by atoms with Gasteiger partial charge >= 0.3 is 0 Å². The maximum Gasteiger partial charge on any atom is 0.266 e. The lowest BCUT2D eigenvalue weighted by Crippen LogP contribution is -2.52. The number of fused-ring (bicyclic) bond motifs is 1. The second kappa shape index (κ2) is 8.45. The van der Waals surface area contributed by atoms with E-state index in [0.717, 1.165) is 5.56 Å². The molecule has 0 bridgehead atoms. The summed E-state index contributed by atoms with van der Waals surface area (Å²) < 4.78 is 32.4. The van der Waals surface area contributed by atoms with Gasteiger partial charge in [0.25, 0.3) is 5.91 Å². The molecule has 0 unspecified atom stereocenters. The number of carbonyl (C=O) groups is 2. The second-order valence-electron chi connectivity index (χ2n) is 7.32. The van der Waals surface area contributed by atoms with E-state index < -0.39 is 16.1 Å². The van der Waals surface area contributed by atoms with Gasteiger partial charge in [0.2, 0.25) is 15.9 Å². The number of nitrogens with one attached hydrogen (secondary N) is 1. The molecule has 1 saturated heterocycles. The average Bonchev–Trinajstić information content (AvgIpc) is 2.75. The molecule has 0 spiro atoms. The molecule has 30 heavy (non-hydrogen) atoms. The number of amides is 2. The number of anilines is 1. The van der Waals surface area contributed by atoms with Crippen molar-refractivity contribution < 1.29 is 22.7 Å². The Hall–Kier alpha value is -2.91. The summed E-state index contributed by atoms with van der Waals surface area (Å²) in [6.45, 7) is 1.05. The summed E-state index contributed by atoms with van der Waals surface area (Å²) in [7, 11) is -3.45. The third kappa shape index (κ3) is 4.47. The Morgan fingerprint density at radius 1 is 1.00 bits per heavy atom. The predicted molar refractivity (Wildman–Crippen MR) is 111 cm³/mol. The Morgan fingerprint density at radius 2 is 1.67 bits per heavy atom. The number of benzene rings is 2. The third-order valence-corrected chi connectivity index (χ3v) is 7.09. The van der Waals surface area contributed by atoms with Crippen molar-refractivity contribution in [3.8, 4) is 5.75 Å². The summed E-state index contributed by atoms with van der Waals surface area (Å²) in [4.78, 5) is 26.5. The van der Waals surface area contributed by atoms with Crippen LogP contribution in [0.2, 0.25) is 0 Å². The minimum atomic E-state index is -3.45. The summed E-state index contributed by atoms with van der Waals surface area (Å²) in [5.41, 5.74) is 1.32. The van der Waals surface area contributed by atoms with Gasteiger partial charge in [0, 0.05) is 26.2 Å². The number of rotatable bonds is 5. The minimum absolute atomic E-state index is 0.0583. The molecule has 0 saturated carbocycles. The Balaban J connectivity index is 1.32. The minimum Gasteiger partial charge on any atom is -0.478 e. The number of sulfonamides is 1. The van der Waals surface area contributed by atoms with Crippen molar-refractivity contribution in [3.63, 3.8) is 0 Å². The van der Waals surface area contributed by atoms with Crippen LogP contribution in [-0.2, 0) is 25.4 Å². The quantitative estimate of drug-likeness (QED) is 0.776. The maximum atomic E-state index is 12.7. The van der Waals surface area contributed by atoms with Gasteiger partial charge in [-0.1, -0.05) is 42.5 Å². The zero-order valence-corrected chi connectivity index (χ0v) is 17.2. The number of hydrogen-bond donors (Lipinski definition) is 1. The first-order valence-electron chi connectivity index (χ1n) is 9.78. The average molecular weight is 429 g/mol. The van der Waals surface area contributed by atoms with Crippen LogP contribution < -0.4 is 10.1 Å². The molecule has 1 fully saturated rings. The van der Waals surface area contributed by atoms with Crippen LogP contribution in [0.1, 0.15) is 12.0 Å². The monoisotopic (exact) mass is 429 g/mol. The number of piperazine rings is 1. The van der Waals surface area contributed by atoms with Gasteiger partial charge in [0.1, 0.15) is 5.75 Å². The summed E-state index contributed by atoms with van der Waals surface area (Å²) in [6.07, 6.45) is -0.982. The van der Waals surface area contributed by atoms with E-state index in [1.54, 1.807) is 41.3 Å². The zero-order valence-electron chi connectivity index (χ0n) is 16.4. The maximum absolute atomic E-state index is 12.7. The van der Waals surface area contributed by atoms with Crippen LogP contribution in [0, 0.1) is 0 Å².